The smallest absolute Gasteiger partial charge is 0.274 e. The van der Waals surface area contributed by atoms with E-state index in [-0.39, 0.29) is 11.4 Å². The summed E-state index contributed by atoms with van der Waals surface area (Å²) < 4.78 is 26.1. The summed E-state index contributed by atoms with van der Waals surface area (Å²) in [5, 5.41) is 6.32. The molecule has 0 radical (unpaired) electrons. The number of hydrogen-bond acceptors (Lipinski definition) is 3. The van der Waals surface area contributed by atoms with Crippen molar-refractivity contribution in [1.82, 2.24) is 4.98 Å². The van der Waals surface area contributed by atoms with Gasteiger partial charge in [-0.3, -0.25) is 4.79 Å². The van der Waals surface area contributed by atoms with E-state index in [1.54, 1.807) is 12.1 Å². The highest BCUT2D eigenvalue weighted by Gasteiger charge is 2.09. The summed E-state index contributed by atoms with van der Waals surface area (Å²) in [6.07, 6.45) is 1.52. The molecular formula is C19H14ClF2N3O. The molecule has 4 nitrogen and oxygen atoms in total. The van der Waals surface area contributed by atoms with Gasteiger partial charge in [0, 0.05) is 23.3 Å². The molecule has 7 heteroatoms. The van der Waals surface area contributed by atoms with Crippen molar-refractivity contribution in [3.8, 4) is 0 Å². The zero-order valence-electron chi connectivity index (χ0n) is 13.5. The third kappa shape index (κ3) is 4.55. The molecule has 0 bridgehead atoms. The molecule has 0 aliphatic heterocycles. The van der Waals surface area contributed by atoms with Crippen LogP contribution in [-0.4, -0.2) is 10.9 Å². The number of aromatic nitrogens is 1. The van der Waals surface area contributed by atoms with Crippen LogP contribution in [-0.2, 0) is 6.54 Å². The lowest BCUT2D eigenvalue weighted by Crippen LogP contribution is -2.14. The van der Waals surface area contributed by atoms with Crippen LogP contribution in [0.5, 0.6) is 0 Å². The molecule has 2 N–H and O–H groups in total. The van der Waals surface area contributed by atoms with Crippen LogP contribution < -0.4 is 10.6 Å². The Morgan fingerprint density at radius 2 is 1.69 bits per heavy atom. The summed E-state index contributed by atoms with van der Waals surface area (Å²) in [5.41, 5.74) is 2.10. The minimum atomic E-state index is -1.03. The Hall–Kier alpha value is -2.99. The van der Waals surface area contributed by atoms with Crippen molar-refractivity contribution in [3.05, 3.63) is 88.7 Å². The summed E-state index contributed by atoms with van der Waals surface area (Å²) in [6, 6.07) is 13.8. The second kappa shape index (κ2) is 7.93. The Labute approximate surface area is 153 Å². The maximum Gasteiger partial charge on any atom is 0.274 e. The van der Waals surface area contributed by atoms with Crippen molar-refractivity contribution in [3.63, 3.8) is 0 Å². The van der Waals surface area contributed by atoms with E-state index >= 15 is 0 Å². The van der Waals surface area contributed by atoms with Crippen molar-refractivity contribution in [1.29, 1.82) is 0 Å². The predicted molar refractivity (Wildman–Crippen MR) is 97.3 cm³/mol. The second-order valence-electron chi connectivity index (χ2n) is 5.50. The number of rotatable bonds is 5. The number of benzene rings is 2. The molecule has 26 heavy (non-hydrogen) atoms. The van der Waals surface area contributed by atoms with Gasteiger partial charge in [-0.25, -0.2) is 13.8 Å². The Kier molecular flexibility index (Phi) is 5.43. The van der Waals surface area contributed by atoms with Gasteiger partial charge in [0.25, 0.3) is 5.91 Å². The molecule has 0 spiro atoms. The topological polar surface area (TPSA) is 54.0 Å². The van der Waals surface area contributed by atoms with Gasteiger partial charge < -0.3 is 10.6 Å². The minimum absolute atomic E-state index is 0.153. The Bertz CT molecular complexity index is 915. The Morgan fingerprint density at radius 1 is 0.962 bits per heavy atom. The van der Waals surface area contributed by atoms with Crippen molar-refractivity contribution in [2.24, 2.45) is 0 Å². The van der Waals surface area contributed by atoms with Gasteiger partial charge in [0.05, 0.1) is 11.9 Å². The normalized spacial score (nSPS) is 10.4. The Morgan fingerprint density at radius 3 is 2.35 bits per heavy atom. The van der Waals surface area contributed by atoms with E-state index in [1.807, 2.05) is 24.3 Å². The summed E-state index contributed by atoms with van der Waals surface area (Å²) in [7, 11) is 0. The van der Waals surface area contributed by atoms with Gasteiger partial charge >= 0.3 is 0 Å². The van der Waals surface area contributed by atoms with E-state index in [1.165, 1.54) is 12.3 Å². The number of carbonyl (C=O) groups is 1. The van der Waals surface area contributed by atoms with E-state index in [9.17, 15) is 13.6 Å². The summed E-state index contributed by atoms with van der Waals surface area (Å²) in [4.78, 5) is 16.2. The van der Waals surface area contributed by atoms with Crippen LogP contribution in [0.1, 0.15) is 16.1 Å². The molecule has 0 aliphatic rings. The van der Waals surface area contributed by atoms with Crippen molar-refractivity contribution >= 4 is 28.9 Å². The number of halogens is 3. The highest BCUT2D eigenvalue weighted by molar-refractivity contribution is 6.30. The van der Waals surface area contributed by atoms with Crippen LogP contribution in [0.2, 0.25) is 5.02 Å². The van der Waals surface area contributed by atoms with Crippen LogP contribution in [0.15, 0.2) is 60.8 Å². The number of hydrogen-bond donors (Lipinski definition) is 2. The van der Waals surface area contributed by atoms with Crippen LogP contribution >= 0.6 is 11.6 Å². The van der Waals surface area contributed by atoms with Gasteiger partial charge in [0.1, 0.15) is 5.69 Å². The average Bonchev–Trinajstić information content (AvgIpc) is 2.65. The first-order chi connectivity index (χ1) is 12.5. The molecule has 3 aromatic rings. The van der Waals surface area contributed by atoms with Gasteiger partial charge in [-0.1, -0.05) is 23.7 Å². The quantitative estimate of drug-likeness (QED) is 0.670. The highest BCUT2D eigenvalue weighted by atomic mass is 35.5. The van der Waals surface area contributed by atoms with Crippen LogP contribution in [0.3, 0.4) is 0 Å². The number of amides is 1. The Balaban J connectivity index is 1.60. The van der Waals surface area contributed by atoms with Crippen LogP contribution in [0.4, 0.5) is 20.2 Å². The maximum atomic E-state index is 13.2. The first kappa shape index (κ1) is 17.8. The SMILES string of the molecule is O=C(Nc1ccc(F)c(F)c1)c1ccc(NCc2ccc(Cl)cc2)cn1. The molecule has 0 atom stereocenters. The molecule has 1 amide bonds. The van der Waals surface area contributed by atoms with E-state index < -0.39 is 17.5 Å². The van der Waals surface area contributed by atoms with Crippen molar-refractivity contribution < 1.29 is 13.6 Å². The van der Waals surface area contributed by atoms with E-state index in [0.717, 1.165) is 23.4 Å². The molecule has 1 heterocycles. The highest BCUT2D eigenvalue weighted by Crippen LogP contribution is 2.15. The molecule has 0 saturated heterocycles. The number of nitrogens with zero attached hydrogens (tertiary/aromatic N) is 1. The van der Waals surface area contributed by atoms with E-state index in [2.05, 4.69) is 15.6 Å². The maximum absolute atomic E-state index is 13.2. The number of nitrogens with one attached hydrogen (secondary N) is 2. The van der Waals surface area contributed by atoms with Crippen LogP contribution in [0.25, 0.3) is 0 Å². The lowest BCUT2D eigenvalue weighted by atomic mass is 10.2. The zero-order chi connectivity index (χ0) is 18.5. The lowest BCUT2D eigenvalue weighted by Gasteiger charge is -2.08. The number of pyridine rings is 1. The van der Waals surface area contributed by atoms with Gasteiger partial charge in [0.15, 0.2) is 11.6 Å². The largest absolute Gasteiger partial charge is 0.380 e. The second-order valence-corrected chi connectivity index (χ2v) is 5.93. The molecule has 3 rings (SSSR count). The van der Waals surface area contributed by atoms with E-state index in [0.29, 0.717) is 11.6 Å². The monoisotopic (exact) mass is 373 g/mol. The first-order valence-electron chi connectivity index (χ1n) is 7.72. The summed E-state index contributed by atoms with van der Waals surface area (Å²) in [6.45, 7) is 0.583. The molecule has 0 saturated carbocycles. The predicted octanol–water partition coefficient (Wildman–Crippen LogP) is 4.88. The molecule has 0 fully saturated rings. The van der Waals surface area contributed by atoms with Gasteiger partial charge in [-0.05, 0) is 42.0 Å². The molecular weight excluding hydrogens is 360 g/mol. The van der Waals surface area contributed by atoms with Crippen LogP contribution in [0, 0.1) is 11.6 Å². The van der Waals surface area contributed by atoms with Gasteiger partial charge in [-0.15, -0.1) is 0 Å². The third-order valence-electron chi connectivity index (χ3n) is 3.58. The minimum Gasteiger partial charge on any atom is -0.380 e. The third-order valence-corrected chi connectivity index (χ3v) is 3.84. The molecule has 2 aromatic carbocycles. The van der Waals surface area contributed by atoms with Crippen molar-refractivity contribution in [2.75, 3.05) is 10.6 Å². The number of carbonyl (C=O) groups excluding carboxylic acids is 1. The fraction of sp³-hybridized carbons (Fsp3) is 0.0526. The molecule has 0 aliphatic carbocycles. The fourth-order valence-electron chi connectivity index (χ4n) is 2.21. The lowest BCUT2D eigenvalue weighted by molar-refractivity contribution is 0.102. The molecule has 132 valence electrons. The zero-order valence-corrected chi connectivity index (χ0v) is 14.2. The van der Waals surface area contributed by atoms with Crippen molar-refractivity contribution in [2.45, 2.75) is 6.54 Å². The molecule has 0 unspecified atom stereocenters. The summed E-state index contributed by atoms with van der Waals surface area (Å²) >= 11 is 5.84. The molecule has 1 aromatic heterocycles. The van der Waals surface area contributed by atoms with Gasteiger partial charge in [0.2, 0.25) is 0 Å². The average molecular weight is 374 g/mol. The standard InChI is InChI=1S/C19H14ClF2N3O/c20-13-3-1-12(2-4-13)10-23-15-6-8-18(24-11-15)19(26)25-14-5-7-16(21)17(22)9-14/h1-9,11,23H,10H2,(H,25,26). The van der Waals surface area contributed by atoms with E-state index in [4.69, 9.17) is 11.6 Å². The fourth-order valence-corrected chi connectivity index (χ4v) is 2.33. The summed E-state index contributed by atoms with van der Waals surface area (Å²) in [5.74, 6) is -2.52. The number of anilines is 2. The first-order valence-corrected chi connectivity index (χ1v) is 8.10. The van der Waals surface area contributed by atoms with Gasteiger partial charge in [-0.2, -0.15) is 0 Å².